The van der Waals surface area contributed by atoms with E-state index in [0.717, 1.165) is 24.3 Å². The predicted molar refractivity (Wildman–Crippen MR) is 134 cm³/mol. The summed E-state index contributed by atoms with van der Waals surface area (Å²) in [5, 5.41) is 90.9. The average Bonchev–Trinajstić information content (AvgIpc) is 2.92. The fourth-order valence-corrected chi connectivity index (χ4v) is 4.67. The van der Waals surface area contributed by atoms with Crippen LogP contribution < -0.4 is 10.2 Å². The second-order valence-corrected chi connectivity index (χ2v) is 9.67. The van der Waals surface area contributed by atoms with Crippen LogP contribution in [-0.2, 0) is 14.2 Å². The maximum atomic E-state index is 12.8. The summed E-state index contributed by atoms with van der Waals surface area (Å²) in [6, 6.07) is 6.78. The number of rotatable bonds is 6. The first kappa shape index (κ1) is 29.0. The molecule has 9 unspecified atom stereocenters. The summed E-state index contributed by atoms with van der Waals surface area (Å²) in [6.07, 6.45) is -14.6. The molecule has 1 aromatic heterocycles. The molecule has 3 aromatic rings. The molecule has 2 saturated heterocycles. The molecule has 0 spiro atoms. The molecule has 0 amide bonds. The molecule has 2 aliphatic rings. The van der Waals surface area contributed by atoms with Gasteiger partial charge in [0.05, 0.1) is 18.8 Å². The third-order valence-electron chi connectivity index (χ3n) is 6.84. The summed E-state index contributed by atoms with van der Waals surface area (Å²) in [5.41, 5.74) is -0.779. The van der Waals surface area contributed by atoms with E-state index in [9.17, 15) is 50.8 Å². The van der Waals surface area contributed by atoms with Crippen molar-refractivity contribution >= 4 is 11.0 Å². The minimum atomic E-state index is -1.80. The summed E-state index contributed by atoms with van der Waals surface area (Å²) in [5.74, 6) is -1.52. The molecule has 0 radical (unpaired) electrons. The van der Waals surface area contributed by atoms with Gasteiger partial charge >= 0.3 is 0 Å². The highest BCUT2D eigenvalue weighted by Gasteiger charge is 2.50. The Morgan fingerprint density at radius 1 is 0.854 bits per heavy atom. The first-order valence-electron chi connectivity index (χ1n) is 12.4. The average molecular weight is 580 g/mol. The Labute approximate surface area is 230 Å². The third kappa shape index (κ3) is 5.54. The molecule has 0 saturated carbocycles. The lowest BCUT2D eigenvalue weighted by atomic mass is 9.98. The first-order valence-corrected chi connectivity index (χ1v) is 12.4. The summed E-state index contributed by atoms with van der Waals surface area (Å²) in [4.78, 5) is 12.8. The fourth-order valence-electron chi connectivity index (χ4n) is 4.67. The highest BCUT2D eigenvalue weighted by Crippen LogP contribution is 2.38. The van der Waals surface area contributed by atoms with Gasteiger partial charge in [0.25, 0.3) is 0 Å². The zero-order valence-electron chi connectivity index (χ0n) is 21.0. The highest BCUT2D eigenvalue weighted by molar-refractivity contribution is 5.86. The van der Waals surface area contributed by atoms with Crippen molar-refractivity contribution in [1.82, 2.24) is 0 Å². The van der Waals surface area contributed by atoms with Crippen molar-refractivity contribution in [2.24, 2.45) is 0 Å². The van der Waals surface area contributed by atoms with E-state index >= 15 is 0 Å². The molecule has 2 fully saturated rings. The Kier molecular flexibility index (Phi) is 8.06. The molecule has 41 heavy (non-hydrogen) atoms. The number of fused-ring (bicyclic) bond motifs is 1. The lowest BCUT2D eigenvalue weighted by molar-refractivity contribution is -0.344. The van der Waals surface area contributed by atoms with E-state index in [1.165, 1.54) is 12.1 Å². The van der Waals surface area contributed by atoms with Crippen molar-refractivity contribution in [2.45, 2.75) is 55.3 Å². The second kappa shape index (κ2) is 11.4. The highest BCUT2D eigenvalue weighted by atomic mass is 16.8. The molecule has 2 aromatic carbocycles. The lowest BCUT2D eigenvalue weighted by Crippen LogP contribution is -2.63. The maximum Gasteiger partial charge on any atom is 0.229 e. The number of aliphatic hydroxyl groups is 6. The third-order valence-corrected chi connectivity index (χ3v) is 6.84. The van der Waals surface area contributed by atoms with Crippen LogP contribution in [0.1, 0.15) is 0 Å². The van der Waals surface area contributed by atoms with E-state index < -0.39 is 79.7 Å². The van der Waals surface area contributed by atoms with Gasteiger partial charge in [-0.25, -0.2) is 0 Å². The number of aromatic hydroxyl groups is 3. The monoisotopic (exact) mass is 580 g/mol. The number of hydrogen-bond donors (Lipinski definition) is 9. The van der Waals surface area contributed by atoms with Crippen molar-refractivity contribution < 1.29 is 69.3 Å². The van der Waals surface area contributed by atoms with E-state index in [1.54, 1.807) is 0 Å². The first-order chi connectivity index (χ1) is 19.5. The largest absolute Gasteiger partial charge is 0.508 e. The minimum absolute atomic E-state index is 0.0561. The number of ether oxygens (including phenoxy) is 4. The Morgan fingerprint density at radius 2 is 1.61 bits per heavy atom. The van der Waals surface area contributed by atoms with Crippen molar-refractivity contribution in [1.29, 1.82) is 0 Å². The molecule has 2 aliphatic heterocycles. The molecule has 222 valence electrons. The van der Waals surface area contributed by atoms with Gasteiger partial charge in [-0.15, -0.1) is 0 Å². The van der Waals surface area contributed by atoms with Crippen LogP contribution in [0.3, 0.4) is 0 Å². The zero-order valence-corrected chi connectivity index (χ0v) is 21.0. The van der Waals surface area contributed by atoms with Gasteiger partial charge in [-0.1, -0.05) is 0 Å². The van der Waals surface area contributed by atoms with E-state index in [4.69, 9.17) is 23.4 Å². The maximum absolute atomic E-state index is 12.8. The van der Waals surface area contributed by atoms with Gasteiger partial charge in [0, 0.05) is 24.3 Å². The van der Waals surface area contributed by atoms with Crippen LogP contribution in [0.25, 0.3) is 22.3 Å². The minimum Gasteiger partial charge on any atom is -0.508 e. The number of benzene rings is 2. The van der Waals surface area contributed by atoms with Gasteiger partial charge in [-0.3, -0.25) is 4.79 Å². The van der Waals surface area contributed by atoms with Gasteiger partial charge in [0.2, 0.25) is 6.29 Å². The molecule has 15 heteroatoms. The summed E-state index contributed by atoms with van der Waals surface area (Å²) < 4.78 is 28.1. The molecular weight excluding hydrogens is 552 g/mol. The van der Waals surface area contributed by atoms with Crippen LogP contribution in [0, 0.1) is 0 Å². The number of hydrogen-bond acceptors (Lipinski definition) is 15. The number of aliphatic hydroxyl groups excluding tert-OH is 6. The summed E-state index contributed by atoms with van der Waals surface area (Å²) in [7, 11) is 0. The Hall–Kier alpha value is -3.51. The second-order valence-electron chi connectivity index (χ2n) is 9.67. The molecule has 9 atom stereocenters. The summed E-state index contributed by atoms with van der Waals surface area (Å²) >= 11 is 0. The molecular formula is C26H28O15. The van der Waals surface area contributed by atoms with Gasteiger partial charge in [0.15, 0.2) is 17.8 Å². The normalized spacial score (nSPS) is 32.2. The zero-order chi connectivity index (χ0) is 29.6. The van der Waals surface area contributed by atoms with Gasteiger partial charge < -0.3 is 69.3 Å². The Morgan fingerprint density at radius 3 is 2.34 bits per heavy atom. The van der Waals surface area contributed by atoms with Crippen molar-refractivity contribution in [3.05, 3.63) is 46.6 Å². The van der Waals surface area contributed by atoms with Crippen LogP contribution in [0.15, 0.2) is 45.6 Å². The van der Waals surface area contributed by atoms with E-state index in [-0.39, 0.29) is 39.5 Å². The molecule has 3 heterocycles. The number of phenolic OH excluding ortho intramolecular Hbond substituents is 3. The van der Waals surface area contributed by atoms with Crippen molar-refractivity contribution in [3.63, 3.8) is 0 Å². The van der Waals surface area contributed by atoms with Crippen LogP contribution in [-0.4, -0.2) is 114 Å². The van der Waals surface area contributed by atoms with Crippen LogP contribution in [0.4, 0.5) is 0 Å². The van der Waals surface area contributed by atoms with Gasteiger partial charge in [-0.2, -0.15) is 0 Å². The van der Waals surface area contributed by atoms with Crippen molar-refractivity contribution in [3.8, 4) is 34.3 Å². The Bertz CT molecular complexity index is 1460. The molecule has 9 N–H and O–H groups in total. The topological polar surface area (TPSA) is 249 Å². The van der Waals surface area contributed by atoms with E-state index in [2.05, 4.69) is 0 Å². The number of phenols is 3. The standard InChI is InChI=1S/C26H28O15/c27-7-18-21(34)22(35)24(41-25-23(36)20(33)14(32)8-37-25)26(40-18)39-15-4-9(28)1-2-11(15)16-6-13(31)19-12(30)3-10(29)5-17(19)38-16/h1-6,14,18,20-30,32-36H,7-8H2. The molecule has 0 bridgehead atoms. The van der Waals surface area contributed by atoms with Crippen LogP contribution in [0.2, 0.25) is 0 Å². The summed E-state index contributed by atoms with van der Waals surface area (Å²) in [6.45, 7) is -1.18. The van der Waals surface area contributed by atoms with E-state index in [1.807, 2.05) is 0 Å². The SMILES string of the molecule is O=c1cc(-c2ccc(O)cc2OC2OC(CO)C(O)C(O)C2OC2OCC(O)C(O)C2O)oc2cc(O)cc(O)c12. The molecule has 0 aliphatic carbocycles. The quantitative estimate of drug-likeness (QED) is 0.156. The van der Waals surface area contributed by atoms with Crippen molar-refractivity contribution in [2.75, 3.05) is 13.2 Å². The van der Waals surface area contributed by atoms with Crippen LogP contribution in [0.5, 0.6) is 23.0 Å². The molecule has 5 rings (SSSR count). The smallest absolute Gasteiger partial charge is 0.229 e. The molecule has 15 nitrogen and oxygen atoms in total. The predicted octanol–water partition coefficient (Wildman–Crippen LogP) is -1.78. The van der Waals surface area contributed by atoms with Gasteiger partial charge in [-0.05, 0) is 12.1 Å². The Balaban J connectivity index is 1.52. The van der Waals surface area contributed by atoms with E-state index in [0.29, 0.717) is 0 Å². The van der Waals surface area contributed by atoms with Gasteiger partial charge in [0.1, 0.15) is 76.4 Å². The lowest BCUT2D eigenvalue weighted by Gasteiger charge is -2.44. The fraction of sp³-hybridized carbons (Fsp3) is 0.423. The van der Waals surface area contributed by atoms with Crippen LogP contribution >= 0.6 is 0 Å².